The van der Waals surface area contributed by atoms with E-state index in [0.29, 0.717) is 25.4 Å². The lowest BCUT2D eigenvalue weighted by atomic mass is 9.93. The average molecular weight is 435 g/mol. The minimum Gasteiger partial charge on any atom is -0.504 e. The lowest BCUT2D eigenvalue weighted by Crippen LogP contribution is -2.33. The Hall–Kier alpha value is -3.38. The second-order valence-corrected chi connectivity index (χ2v) is 7.54. The molecule has 0 spiro atoms. The normalized spacial score (nSPS) is 18.2. The van der Waals surface area contributed by atoms with Gasteiger partial charge in [0.05, 0.1) is 13.2 Å². The predicted molar refractivity (Wildman–Crippen MR) is 123 cm³/mol. The highest BCUT2D eigenvalue weighted by molar-refractivity contribution is 6.01. The average Bonchev–Trinajstić information content (AvgIpc) is 2.81. The molecule has 0 aliphatic carbocycles. The second-order valence-electron chi connectivity index (χ2n) is 7.54. The van der Waals surface area contributed by atoms with Crippen LogP contribution in [0.2, 0.25) is 0 Å². The molecular formula is C26H27FN2O3. The standard InChI is InChI=1S/C26H27FN2O3/c1-3-31-20-13-11-17(12-14-20)22-16-23(21-9-6-10-24(25(21)30)32-4-2)29-26(28-22)18-7-5-8-19(27)15-18/h5-15,23,26,29-30H,3-4,16H2,1-2H3/t23-,26-/m1/s1. The van der Waals surface area contributed by atoms with E-state index in [4.69, 9.17) is 14.5 Å². The van der Waals surface area contributed by atoms with Crippen molar-refractivity contribution in [3.05, 3.63) is 89.2 Å². The summed E-state index contributed by atoms with van der Waals surface area (Å²) in [4.78, 5) is 4.89. The fraction of sp³-hybridized carbons (Fsp3) is 0.269. The van der Waals surface area contributed by atoms with Crippen LogP contribution in [-0.4, -0.2) is 24.0 Å². The van der Waals surface area contributed by atoms with Crippen LogP contribution in [0.15, 0.2) is 71.7 Å². The summed E-state index contributed by atoms with van der Waals surface area (Å²) in [6.45, 7) is 4.88. The highest BCUT2D eigenvalue weighted by atomic mass is 19.1. The number of aliphatic imine (C=N–C) groups is 1. The van der Waals surface area contributed by atoms with Crippen molar-refractivity contribution in [2.45, 2.75) is 32.5 Å². The largest absolute Gasteiger partial charge is 0.504 e. The first-order chi connectivity index (χ1) is 15.6. The highest BCUT2D eigenvalue weighted by Crippen LogP contribution is 2.39. The van der Waals surface area contributed by atoms with Crippen molar-refractivity contribution in [3.63, 3.8) is 0 Å². The van der Waals surface area contributed by atoms with Gasteiger partial charge in [0.2, 0.25) is 0 Å². The van der Waals surface area contributed by atoms with Crippen LogP contribution in [-0.2, 0) is 0 Å². The van der Waals surface area contributed by atoms with Gasteiger partial charge in [0.25, 0.3) is 0 Å². The van der Waals surface area contributed by atoms with Gasteiger partial charge in [-0.2, -0.15) is 0 Å². The molecule has 4 rings (SSSR count). The molecule has 2 atom stereocenters. The minimum atomic E-state index is -0.457. The van der Waals surface area contributed by atoms with Gasteiger partial charge < -0.3 is 14.6 Å². The maximum absolute atomic E-state index is 13.9. The van der Waals surface area contributed by atoms with E-state index in [1.165, 1.54) is 12.1 Å². The van der Waals surface area contributed by atoms with Gasteiger partial charge >= 0.3 is 0 Å². The van der Waals surface area contributed by atoms with Crippen molar-refractivity contribution < 1.29 is 19.0 Å². The molecule has 166 valence electrons. The van der Waals surface area contributed by atoms with Gasteiger partial charge in [0.1, 0.15) is 17.7 Å². The first-order valence-electron chi connectivity index (χ1n) is 10.8. The number of nitrogens with zero attached hydrogens (tertiary/aromatic N) is 1. The monoisotopic (exact) mass is 434 g/mol. The van der Waals surface area contributed by atoms with E-state index in [0.717, 1.165) is 28.2 Å². The number of hydrogen-bond donors (Lipinski definition) is 2. The lowest BCUT2D eigenvalue weighted by molar-refractivity contribution is 0.313. The fourth-order valence-electron chi connectivity index (χ4n) is 3.93. The van der Waals surface area contributed by atoms with Gasteiger partial charge in [-0.05, 0) is 67.4 Å². The van der Waals surface area contributed by atoms with Gasteiger partial charge in [0.15, 0.2) is 11.5 Å². The Morgan fingerprint density at radius 3 is 2.47 bits per heavy atom. The summed E-state index contributed by atoms with van der Waals surface area (Å²) in [5.74, 6) is 1.04. The van der Waals surface area contributed by atoms with Crippen LogP contribution in [0, 0.1) is 5.82 Å². The smallest absolute Gasteiger partial charge is 0.162 e. The van der Waals surface area contributed by atoms with Crippen LogP contribution in [0.1, 0.15) is 49.2 Å². The molecule has 0 amide bonds. The summed E-state index contributed by atoms with van der Waals surface area (Å²) in [7, 11) is 0. The molecule has 3 aromatic rings. The summed E-state index contributed by atoms with van der Waals surface area (Å²) in [5.41, 5.74) is 3.27. The number of benzene rings is 3. The third-order valence-corrected chi connectivity index (χ3v) is 5.41. The van der Waals surface area contributed by atoms with E-state index in [1.54, 1.807) is 12.1 Å². The van der Waals surface area contributed by atoms with E-state index in [1.807, 2.05) is 56.3 Å². The summed E-state index contributed by atoms with van der Waals surface area (Å²) in [5, 5.41) is 14.3. The number of phenolic OH excluding ortho intramolecular Hbond substituents is 1. The molecule has 6 heteroatoms. The molecule has 3 aromatic carbocycles. The molecule has 0 saturated heterocycles. The lowest BCUT2D eigenvalue weighted by Gasteiger charge is -2.31. The highest BCUT2D eigenvalue weighted by Gasteiger charge is 2.28. The third kappa shape index (κ3) is 4.75. The Morgan fingerprint density at radius 2 is 1.75 bits per heavy atom. The van der Waals surface area contributed by atoms with Crippen LogP contribution in [0.4, 0.5) is 4.39 Å². The SMILES string of the molecule is CCOc1ccc(C2=N[C@@H](c3cccc(F)c3)N[C@@H](c3cccc(OCC)c3O)C2)cc1. The molecule has 1 aliphatic heterocycles. The van der Waals surface area contributed by atoms with E-state index >= 15 is 0 Å². The van der Waals surface area contributed by atoms with Crippen molar-refractivity contribution in [2.24, 2.45) is 4.99 Å². The quantitative estimate of drug-likeness (QED) is 0.512. The predicted octanol–water partition coefficient (Wildman–Crippen LogP) is 5.55. The Labute approximate surface area is 187 Å². The number of ether oxygens (including phenoxy) is 2. The molecular weight excluding hydrogens is 407 g/mol. The molecule has 2 N–H and O–H groups in total. The van der Waals surface area contributed by atoms with Crippen molar-refractivity contribution >= 4 is 5.71 Å². The zero-order valence-electron chi connectivity index (χ0n) is 18.2. The molecule has 32 heavy (non-hydrogen) atoms. The minimum absolute atomic E-state index is 0.109. The first kappa shape index (κ1) is 21.8. The molecule has 0 fully saturated rings. The van der Waals surface area contributed by atoms with E-state index in [-0.39, 0.29) is 17.6 Å². The number of phenols is 1. The molecule has 1 heterocycles. The number of rotatable bonds is 7. The topological polar surface area (TPSA) is 63.1 Å². The number of nitrogens with one attached hydrogen (secondary N) is 1. The summed E-state index contributed by atoms with van der Waals surface area (Å²) < 4.78 is 25.1. The van der Waals surface area contributed by atoms with Crippen molar-refractivity contribution in [3.8, 4) is 17.2 Å². The molecule has 5 nitrogen and oxygen atoms in total. The number of para-hydroxylation sites is 1. The molecule has 0 bridgehead atoms. The summed E-state index contributed by atoms with van der Waals surface area (Å²) >= 11 is 0. The van der Waals surface area contributed by atoms with E-state index in [9.17, 15) is 9.50 Å². The molecule has 0 radical (unpaired) electrons. The number of aromatic hydroxyl groups is 1. The Kier molecular flexibility index (Phi) is 6.71. The van der Waals surface area contributed by atoms with E-state index in [2.05, 4.69) is 5.32 Å². The molecule has 0 saturated carbocycles. The van der Waals surface area contributed by atoms with Crippen LogP contribution < -0.4 is 14.8 Å². The molecule has 1 aliphatic rings. The first-order valence-corrected chi connectivity index (χ1v) is 10.8. The van der Waals surface area contributed by atoms with Crippen LogP contribution in [0.5, 0.6) is 17.2 Å². The third-order valence-electron chi connectivity index (χ3n) is 5.41. The van der Waals surface area contributed by atoms with Crippen LogP contribution in [0.25, 0.3) is 0 Å². The molecule has 0 aromatic heterocycles. The zero-order chi connectivity index (χ0) is 22.5. The summed E-state index contributed by atoms with van der Waals surface area (Å²) in [6.07, 6.45) is 0.101. The Morgan fingerprint density at radius 1 is 1.00 bits per heavy atom. The number of hydrogen-bond acceptors (Lipinski definition) is 5. The van der Waals surface area contributed by atoms with Gasteiger partial charge in [-0.1, -0.05) is 24.3 Å². The Balaban J connectivity index is 1.72. The van der Waals surface area contributed by atoms with Gasteiger partial charge in [0, 0.05) is 23.7 Å². The number of halogens is 1. The van der Waals surface area contributed by atoms with Crippen molar-refractivity contribution in [1.82, 2.24) is 5.32 Å². The maximum atomic E-state index is 13.9. The van der Waals surface area contributed by atoms with E-state index < -0.39 is 6.17 Å². The fourth-order valence-corrected chi connectivity index (χ4v) is 3.93. The van der Waals surface area contributed by atoms with Gasteiger partial charge in [-0.3, -0.25) is 10.3 Å². The van der Waals surface area contributed by atoms with Crippen LogP contribution in [0.3, 0.4) is 0 Å². The summed E-state index contributed by atoms with van der Waals surface area (Å²) in [6, 6.07) is 19.5. The van der Waals surface area contributed by atoms with Gasteiger partial charge in [-0.25, -0.2) is 4.39 Å². The second kappa shape index (κ2) is 9.83. The van der Waals surface area contributed by atoms with Crippen LogP contribution >= 0.6 is 0 Å². The molecule has 0 unspecified atom stereocenters. The van der Waals surface area contributed by atoms with Crippen molar-refractivity contribution in [1.29, 1.82) is 0 Å². The maximum Gasteiger partial charge on any atom is 0.162 e. The van der Waals surface area contributed by atoms with Crippen molar-refractivity contribution in [2.75, 3.05) is 13.2 Å². The Bertz CT molecular complexity index is 1100. The van der Waals surface area contributed by atoms with Gasteiger partial charge in [-0.15, -0.1) is 0 Å². The zero-order valence-corrected chi connectivity index (χ0v) is 18.2.